The topological polar surface area (TPSA) is 36.7 Å². The highest BCUT2D eigenvalue weighted by Crippen LogP contribution is 2.36. The summed E-state index contributed by atoms with van der Waals surface area (Å²) in [6, 6.07) is 2.26. The minimum Gasteiger partial charge on any atom is -0.250 e. The van der Waals surface area contributed by atoms with Gasteiger partial charge in [0.25, 0.3) is 6.43 Å². The summed E-state index contributed by atoms with van der Waals surface area (Å²) in [5.74, 6) is 0. The highest BCUT2D eigenvalue weighted by Gasteiger charge is 2.37. The van der Waals surface area contributed by atoms with Crippen molar-refractivity contribution < 1.29 is 22.0 Å². The molecule has 0 saturated heterocycles. The summed E-state index contributed by atoms with van der Waals surface area (Å²) >= 11 is 0. The molecule has 92 valence electrons. The summed E-state index contributed by atoms with van der Waals surface area (Å²) in [4.78, 5) is 3.24. The predicted molar refractivity (Wildman–Crippen MR) is 48.3 cm³/mol. The van der Waals surface area contributed by atoms with Crippen LogP contribution in [0.15, 0.2) is 6.07 Å². The lowest BCUT2D eigenvalue weighted by molar-refractivity contribution is -0.140. The fraction of sp³-hybridized carbons (Fsp3) is 0.400. The van der Waals surface area contributed by atoms with E-state index in [2.05, 4.69) is 4.98 Å². The zero-order valence-corrected chi connectivity index (χ0v) is 8.65. The van der Waals surface area contributed by atoms with Gasteiger partial charge in [-0.2, -0.15) is 18.4 Å². The van der Waals surface area contributed by atoms with Crippen LogP contribution >= 0.6 is 0 Å². The molecule has 0 aliphatic rings. The Bertz CT molecular complexity index is 459. The third-order valence-corrected chi connectivity index (χ3v) is 2.11. The molecule has 0 spiro atoms. The van der Waals surface area contributed by atoms with Gasteiger partial charge in [0.2, 0.25) is 0 Å². The van der Waals surface area contributed by atoms with Gasteiger partial charge in [-0.05, 0) is 18.6 Å². The van der Waals surface area contributed by atoms with Crippen LogP contribution in [0.2, 0.25) is 0 Å². The number of alkyl halides is 5. The fourth-order valence-corrected chi connectivity index (χ4v) is 1.31. The van der Waals surface area contributed by atoms with Crippen molar-refractivity contribution in [1.82, 2.24) is 4.98 Å². The van der Waals surface area contributed by atoms with Gasteiger partial charge in [0.05, 0.1) is 23.7 Å². The molecule has 0 aromatic carbocycles. The van der Waals surface area contributed by atoms with Gasteiger partial charge in [-0.1, -0.05) is 0 Å². The molecule has 0 fully saturated rings. The Kier molecular flexibility index (Phi) is 3.66. The Hall–Kier alpha value is -1.71. The van der Waals surface area contributed by atoms with Crippen LogP contribution in [0.3, 0.4) is 0 Å². The minimum absolute atomic E-state index is 0.0594. The van der Waals surface area contributed by atoms with Gasteiger partial charge in [-0.25, -0.2) is 13.8 Å². The van der Waals surface area contributed by atoms with Gasteiger partial charge in [-0.15, -0.1) is 0 Å². The number of nitriles is 1. The number of nitrogens with zero attached hydrogens (tertiary/aromatic N) is 2. The molecule has 1 aromatic heterocycles. The molecule has 0 aliphatic carbocycles. The van der Waals surface area contributed by atoms with Gasteiger partial charge in [-0.3, -0.25) is 0 Å². The number of rotatable bonds is 2. The van der Waals surface area contributed by atoms with Crippen LogP contribution in [0.4, 0.5) is 22.0 Å². The first-order valence-electron chi connectivity index (χ1n) is 4.50. The molecule has 2 nitrogen and oxygen atoms in total. The number of aryl methyl sites for hydroxylation is 1. The molecule has 7 heteroatoms. The summed E-state index contributed by atoms with van der Waals surface area (Å²) in [6.45, 7) is 1.30. The molecule has 0 aliphatic heterocycles. The molecular formula is C10H7F5N2. The second-order valence-electron chi connectivity index (χ2n) is 3.32. The molecular weight excluding hydrogens is 243 g/mol. The number of aromatic nitrogens is 1. The lowest BCUT2D eigenvalue weighted by Crippen LogP contribution is -2.13. The molecule has 0 bridgehead atoms. The largest absolute Gasteiger partial charge is 0.418 e. The predicted octanol–water partition coefficient (Wildman–Crippen LogP) is 3.41. The zero-order valence-electron chi connectivity index (χ0n) is 8.65. The second-order valence-corrected chi connectivity index (χ2v) is 3.32. The van der Waals surface area contributed by atoms with Crippen molar-refractivity contribution in [3.63, 3.8) is 0 Å². The number of hydrogen-bond donors (Lipinski definition) is 0. The monoisotopic (exact) mass is 250 g/mol. The van der Waals surface area contributed by atoms with E-state index in [1.807, 2.05) is 0 Å². The molecule has 1 aromatic rings. The third kappa shape index (κ3) is 2.90. The first-order valence-corrected chi connectivity index (χ1v) is 4.50. The Morgan fingerprint density at radius 1 is 1.41 bits per heavy atom. The number of pyridine rings is 1. The van der Waals surface area contributed by atoms with Gasteiger partial charge in [0.15, 0.2) is 0 Å². The maximum atomic E-state index is 12.5. The Morgan fingerprint density at radius 3 is 2.41 bits per heavy atom. The van der Waals surface area contributed by atoms with E-state index in [0.717, 1.165) is 0 Å². The fourth-order valence-electron chi connectivity index (χ4n) is 1.31. The number of halogens is 5. The van der Waals surface area contributed by atoms with Crippen molar-refractivity contribution in [2.24, 2.45) is 0 Å². The smallest absolute Gasteiger partial charge is 0.250 e. The summed E-state index contributed by atoms with van der Waals surface area (Å²) in [6.07, 6.45) is -8.51. The van der Waals surface area contributed by atoms with Gasteiger partial charge < -0.3 is 0 Å². The average Bonchev–Trinajstić information content (AvgIpc) is 2.19. The van der Waals surface area contributed by atoms with Crippen molar-refractivity contribution in [3.05, 3.63) is 28.6 Å². The lowest BCUT2D eigenvalue weighted by Gasteiger charge is -2.14. The summed E-state index contributed by atoms with van der Waals surface area (Å²) in [5, 5.41) is 8.40. The summed E-state index contributed by atoms with van der Waals surface area (Å²) < 4.78 is 62.3. The second kappa shape index (κ2) is 4.65. The van der Waals surface area contributed by atoms with E-state index in [1.165, 1.54) is 6.92 Å². The van der Waals surface area contributed by atoms with E-state index in [4.69, 9.17) is 5.26 Å². The van der Waals surface area contributed by atoms with Crippen LogP contribution in [0, 0.1) is 18.3 Å². The first kappa shape index (κ1) is 13.4. The van der Waals surface area contributed by atoms with Crippen LogP contribution in [0.1, 0.15) is 28.9 Å². The van der Waals surface area contributed by atoms with E-state index in [1.54, 1.807) is 6.07 Å². The highest BCUT2D eigenvalue weighted by atomic mass is 19.4. The standard InChI is InChI=1S/C10H7F5N2/c1-5-4-6(10(13,14)15)8(9(11)12)17-7(5)2-3-16/h4,9H,2H2,1H3. The molecule has 0 unspecified atom stereocenters. The van der Waals surface area contributed by atoms with E-state index >= 15 is 0 Å². The van der Waals surface area contributed by atoms with Crippen molar-refractivity contribution in [2.45, 2.75) is 25.9 Å². The summed E-state index contributed by atoms with van der Waals surface area (Å²) in [7, 11) is 0. The highest BCUT2D eigenvalue weighted by molar-refractivity contribution is 5.33. The maximum absolute atomic E-state index is 12.5. The van der Waals surface area contributed by atoms with Crippen molar-refractivity contribution in [2.75, 3.05) is 0 Å². The van der Waals surface area contributed by atoms with E-state index in [9.17, 15) is 22.0 Å². The minimum atomic E-state index is -4.88. The average molecular weight is 250 g/mol. The maximum Gasteiger partial charge on any atom is 0.418 e. The molecule has 0 N–H and O–H groups in total. The molecule has 0 saturated carbocycles. The van der Waals surface area contributed by atoms with E-state index in [0.29, 0.717) is 6.07 Å². The SMILES string of the molecule is Cc1cc(C(F)(F)F)c(C(F)F)nc1CC#N. The van der Waals surface area contributed by atoms with Crippen LogP contribution in [-0.2, 0) is 12.6 Å². The Balaban J connectivity index is 3.42. The molecule has 0 radical (unpaired) electrons. The van der Waals surface area contributed by atoms with E-state index in [-0.39, 0.29) is 17.7 Å². The van der Waals surface area contributed by atoms with Gasteiger partial charge >= 0.3 is 6.18 Å². The van der Waals surface area contributed by atoms with Crippen molar-refractivity contribution in [1.29, 1.82) is 5.26 Å². The molecule has 17 heavy (non-hydrogen) atoms. The zero-order chi connectivity index (χ0) is 13.2. The normalized spacial score (nSPS) is 11.6. The Morgan fingerprint density at radius 2 is 2.00 bits per heavy atom. The van der Waals surface area contributed by atoms with Gasteiger partial charge in [0, 0.05) is 0 Å². The van der Waals surface area contributed by atoms with Crippen molar-refractivity contribution in [3.8, 4) is 6.07 Å². The Labute approximate surface area is 93.7 Å². The molecule has 0 atom stereocenters. The molecule has 1 heterocycles. The molecule has 1 rings (SSSR count). The van der Waals surface area contributed by atoms with Crippen LogP contribution in [0.25, 0.3) is 0 Å². The quantitative estimate of drug-likeness (QED) is 0.754. The van der Waals surface area contributed by atoms with Crippen LogP contribution in [0.5, 0.6) is 0 Å². The van der Waals surface area contributed by atoms with Crippen LogP contribution < -0.4 is 0 Å². The first-order chi connectivity index (χ1) is 7.77. The van der Waals surface area contributed by atoms with E-state index < -0.39 is 23.9 Å². The lowest BCUT2D eigenvalue weighted by atomic mass is 10.1. The van der Waals surface area contributed by atoms with Crippen molar-refractivity contribution >= 4 is 0 Å². The third-order valence-electron chi connectivity index (χ3n) is 2.11. The summed E-state index contributed by atoms with van der Waals surface area (Å²) in [5.41, 5.74) is -2.76. The molecule has 0 amide bonds. The van der Waals surface area contributed by atoms with Gasteiger partial charge in [0.1, 0.15) is 5.69 Å². The van der Waals surface area contributed by atoms with Crippen LogP contribution in [-0.4, -0.2) is 4.98 Å². The number of hydrogen-bond acceptors (Lipinski definition) is 2.